The maximum absolute atomic E-state index is 11.4. The first-order valence-corrected chi connectivity index (χ1v) is 5.80. The third-order valence-corrected chi connectivity index (χ3v) is 2.48. The molecule has 1 saturated heterocycles. The summed E-state index contributed by atoms with van der Waals surface area (Å²) < 4.78 is 0. The lowest BCUT2D eigenvalue weighted by atomic mass is 9.96. The van der Waals surface area contributed by atoms with Gasteiger partial charge in [-0.2, -0.15) is 0 Å². The molecule has 4 nitrogen and oxygen atoms in total. The van der Waals surface area contributed by atoms with E-state index in [1.165, 1.54) is 6.42 Å². The van der Waals surface area contributed by atoms with Crippen LogP contribution in [0.25, 0.3) is 0 Å². The van der Waals surface area contributed by atoms with Gasteiger partial charge >= 0.3 is 0 Å². The Kier molecular flexibility index (Phi) is 5.65. The Labute approximate surface area is 91.7 Å². The topological polar surface area (TPSA) is 50.4 Å². The summed E-state index contributed by atoms with van der Waals surface area (Å²) in [5, 5.41) is 3.29. The molecular formula is C11H22N2O2. The molecule has 0 aromatic rings. The number of carbonyl (C=O) groups is 1. The second-order valence-electron chi connectivity index (χ2n) is 4.65. The summed E-state index contributed by atoms with van der Waals surface area (Å²) in [4.78, 5) is 16.5. The maximum atomic E-state index is 11.4. The van der Waals surface area contributed by atoms with Gasteiger partial charge in [-0.1, -0.05) is 13.8 Å². The number of rotatable bonds is 5. The minimum atomic E-state index is 0.00403. The number of hydrogen-bond donors (Lipinski definition) is 2. The Hall–Kier alpha value is -0.610. The van der Waals surface area contributed by atoms with Crippen molar-refractivity contribution in [1.82, 2.24) is 10.8 Å². The van der Waals surface area contributed by atoms with Gasteiger partial charge in [-0.25, -0.2) is 5.48 Å². The van der Waals surface area contributed by atoms with Crippen molar-refractivity contribution in [2.45, 2.75) is 33.1 Å². The molecule has 1 atom stereocenters. The van der Waals surface area contributed by atoms with Gasteiger partial charge in [0.15, 0.2) is 0 Å². The lowest BCUT2D eigenvalue weighted by molar-refractivity contribution is -0.135. The highest BCUT2D eigenvalue weighted by Gasteiger charge is 2.16. The Morgan fingerprint density at radius 3 is 3.00 bits per heavy atom. The zero-order chi connectivity index (χ0) is 11.1. The molecule has 2 N–H and O–H groups in total. The summed E-state index contributed by atoms with van der Waals surface area (Å²) in [5.41, 5.74) is 2.49. The summed E-state index contributed by atoms with van der Waals surface area (Å²) in [6, 6.07) is 0. The fraction of sp³-hybridized carbons (Fsp3) is 0.909. The maximum Gasteiger partial charge on any atom is 0.243 e. The van der Waals surface area contributed by atoms with Gasteiger partial charge in [-0.05, 0) is 37.8 Å². The zero-order valence-electron chi connectivity index (χ0n) is 9.71. The molecular weight excluding hydrogens is 192 g/mol. The van der Waals surface area contributed by atoms with Gasteiger partial charge in [0, 0.05) is 6.42 Å². The smallest absolute Gasteiger partial charge is 0.243 e. The number of amides is 1. The third kappa shape index (κ3) is 5.74. The zero-order valence-corrected chi connectivity index (χ0v) is 9.71. The van der Waals surface area contributed by atoms with Gasteiger partial charge < -0.3 is 5.32 Å². The lowest BCUT2D eigenvalue weighted by Crippen LogP contribution is -2.34. The number of nitrogens with one attached hydrogen (secondary N) is 2. The van der Waals surface area contributed by atoms with E-state index in [2.05, 4.69) is 24.6 Å². The monoisotopic (exact) mass is 214 g/mol. The summed E-state index contributed by atoms with van der Waals surface area (Å²) in [7, 11) is 0. The van der Waals surface area contributed by atoms with E-state index in [0.717, 1.165) is 19.5 Å². The van der Waals surface area contributed by atoms with Crippen molar-refractivity contribution in [3.63, 3.8) is 0 Å². The van der Waals surface area contributed by atoms with Gasteiger partial charge in [-0.15, -0.1) is 0 Å². The minimum absolute atomic E-state index is 0.00403. The van der Waals surface area contributed by atoms with Gasteiger partial charge in [0.2, 0.25) is 5.91 Å². The quantitative estimate of drug-likeness (QED) is 0.673. The molecule has 0 aromatic carbocycles. The largest absolute Gasteiger partial charge is 0.316 e. The molecule has 4 heteroatoms. The molecule has 1 rings (SSSR count). The first kappa shape index (κ1) is 12.5. The van der Waals surface area contributed by atoms with Crippen molar-refractivity contribution in [3.05, 3.63) is 0 Å². The molecule has 0 bridgehead atoms. The van der Waals surface area contributed by atoms with Crippen LogP contribution in [0.3, 0.4) is 0 Å². The van der Waals surface area contributed by atoms with Crippen molar-refractivity contribution < 1.29 is 9.63 Å². The van der Waals surface area contributed by atoms with Crippen molar-refractivity contribution in [1.29, 1.82) is 0 Å². The number of carbonyl (C=O) groups excluding carboxylic acids is 1. The normalized spacial score (nSPS) is 21.7. The van der Waals surface area contributed by atoms with Crippen molar-refractivity contribution in [2.75, 3.05) is 19.7 Å². The van der Waals surface area contributed by atoms with Crippen molar-refractivity contribution in [2.24, 2.45) is 11.8 Å². The first-order chi connectivity index (χ1) is 7.18. The molecule has 0 aliphatic carbocycles. The summed E-state index contributed by atoms with van der Waals surface area (Å²) in [6.07, 6.45) is 2.89. The van der Waals surface area contributed by atoms with Crippen LogP contribution in [0.5, 0.6) is 0 Å². The summed E-state index contributed by atoms with van der Waals surface area (Å²) in [6.45, 7) is 6.72. The molecule has 0 saturated carbocycles. The average molecular weight is 214 g/mol. The average Bonchev–Trinajstić information content (AvgIpc) is 2.18. The van der Waals surface area contributed by atoms with Crippen LogP contribution in [-0.2, 0) is 9.63 Å². The highest BCUT2D eigenvalue weighted by atomic mass is 16.6. The molecule has 1 fully saturated rings. The Balaban J connectivity index is 2.06. The van der Waals surface area contributed by atoms with Gasteiger partial charge in [0.25, 0.3) is 0 Å². The van der Waals surface area contributed by atoms with E-state index in [4.69, 9.17) is 4.84 Å². The molecule has 88 valence electrons. The third-order valence-electron chi connectivity index (χ3n) is 2.48. The molecule has 1 heterocycles. The van der Waals surface area contributed by atoms with Crippen LogP contribution in [0.1, 0.15) is 33.1 Å². The predicted molar refractivity (Wildman–Crippen MR) is 59.1 cm³/mol. The van der Waals surface area contributed by atoms with Crippen molar-refractivity contribution in [3.8, 4) is 0 Å². The molecule has 15 heavy (non-hydrogen) atoms. The van der Waals surface area contributed by atoms with Crippen LogP contribution in [-0.4, -0.2) is 25.6 Å². The minimum Gasteiger partial charge on any atom is -0.316 e. The van der Waals surface area contributed by atoms with E-state index in [1.807, 2.05) is 0 Å². The van der Waals surface area contributed by atoms with Crippen LogP contribution in [0.15, 0.2) is 0 Å². The molecule has 1 unspecified atom stereocenters. The van der Waals surface area contributed by atoms with Crippen LogP contribution in [0.2, 0.25) is 0 Å². The van der Waals surface area contributed by atoms with E-state index in [1.54, 1.807) is 0 Å². The predicted octanol–water partition coefficient (Wildman–Crippen LogP) is 1.08. The van der Waals surface area contributed by atoms with Crippen LogP contribution in [0, 0.1) is 11.8 Å². The molecule has 0 radical (unpaired) electrons. The highest BCUT2D eigenvalue weighted by molar-refractivity contribution is 5.75. The first-order valence-electron chi connectivity index (χ1n) is 5.80. The van der Waals surface area contributed by atoms with E-state index >= 15 is 0 Å². The molecule has 0 aromatic heterocycles. The number of hydrogen-bond acceptors (Lipinski definition) is 3. The second kappa shape index (κ2) is 6.80. The summed E-state index contributed by atoms with van der Waals surface area (Å²) >= 11 is 0. The number of hydroxylamine groups is 1. The van der Waals surface area contributed by atoms with Crippen molar-refractivity contribution >= 4 is 5.91 Å². The van der Waals surface area contributed by atoms with Gasteiger partial charge in [0.1, 0.15) is 0 Å². The second-order valence-corrected chi connectivity index (χ2v) is 4.65. The molecule has 1 amide bonds. The number of piperidine rings is 1. The Bertz CT molecular complexity index is 189. The van der Waals surface area contributed by atoms with Crippen LogP contribution >= 0.6 is 0 Å². The van der Waals surface area contributed by atoms with E-state index in [9.17, 15) is 4.79 Å². The van der Waals surface area contributed by atoms with E-state index in [0.29, 0.717) is 24.9 Å². The van der Waals surface area contributed by atoms with Crippen LogP contribution < -0.4 is 10.8 Å². The van der Waals surface area contributed by atoms with E-state index < -0.39 is 0 Å². The molecule has 1 aliphatic rings. The fourth-order valence-corrected chi connectivity index (χ4v) is 1.69. The van der Waals surface area contributed by atoms with E-state index in [-0.39, 0.29) is 5.91 Å². The van der Waals surface area contributed by atoms with Gasteiger partial charge in [-0.3, -0.25) is 9.63 Å². The Morgan fingerprint density at radius 1 is 1.60 bits per heavy atom. The van der Waals surface area contributed by atoms with Crippen LogP contribution in [0.4, 0.5) is 0 Å². The Morgan fingerprint density at radius 2 is 2.40 bits per heavy atom. The SMILES string of the molecule is CC(C)CONC(=O)CC1CCCNC1. The molecule has 1 aliphatic heterocycles. The molecule has 0 spiro atoms. The lowest BCUT2D eigenvalue weighted by Gasteiger charge is -2.21. The summed E-state index contributed by atoms with van der Waals surface area (Å²) in [5.74, 6) is 0.924. The fourth-order valence-electron chi connectivity index (χ4n) is 1.69. The standard InChI is InChI=1S/C11H22N2O2/c1-9(2)8-15-13-11(14)6-10-4-3-5-12-7-10/h9-10,12H,3-8H2,1-2H3,(H,13,14). The highest BCUT2D eigenvalue weighted by Crippen LogP contribution is 2.13. The van der Waals surface area contributed by atoms with Gasteiger partial charge in [0.05, 0.1) is 6.61 Å².